The highest BCUT2D eigenvalue weighted by atomic mass is 16.3. The third kappa shape index (κ3) is 2.64. The number of nitrogens with zero attached hydrogens (tertiary/aromatic N) is 1. The molecular weight excluding hydrogens is 266 g/mol. The van der Waals surface area contributed by atoms with E-state index in [2.05, 4.69) is 35.4 Å². The van der Waals surface area contributed by atoms with Crippen LogP contribution >= 0.6 is 0 Å². The molecule has 1 aromatic carbocycles. The Bertz CT molecular complexity index is 663. The number of furan rings is 1. The first-order valence-corrected chi connectivity index (χ1v) is 7.11. The van der Waals surface area contributed by atoms with Crippen LogP contribution < -0.4 is 16.2 Å². The number of rotatable bonds is 3. The lowest BCUT2D eigenvalue weighted by Crippen LogP contribution is -2.32. The van der Waals surface area contributed by atoms with Gasteiger partial charge in [-0.05, 0) is 37.5 Å². The van der Waals surface area contributed by atoms with Crippen molar-refractivity contribution in [3.63, 3.8) is 0 Å². The molecule has 1 amide bonds. The summed E-state index contributed by atoms with van der Waals surface area (Å²) in [4.78, 5) is 14.0. The van der Waals surface area contributed by atoms with Gasteiger partial charge in [-0.25, -0.2) is 5.84 Å². The highest BCUT2D eigenvalue weighted by Gasteiger charge is 2.21. The van der Waals surface area contributed by atoms with Crippen LogP contribution in [0.15, 0.2) is 34.9 Å². The van der Waals surface area contributed by atoms with E-state index in [0.29, 0.717) is 17.9 Å². The molecule has 0 aliphatic carbocycles. The van der Waals surface area contributed by atoms with Gasteiger partial charge in [-0.15, -0.1) is 0 Å². The Balaban J connectivity index is 1.87. The van der Waals surface area contributed by atoms with E-state index in [9.17, 15) is 4.79 Å². The summed E-state index contributed by atoms with van der Waals surface area (Å²) in [5.41, 5.74) is 6.51. The number of benzene rings is 1. The van der Waals surface area contributed by atoms with Crippen molar-refractivity contribution < 1.29 is 9.21 Å². The molecule has 0 bridgehead atoms. The zero-order chi connectivity index (χ0) is 14.8. The van der Waals surface area contributed by atoms with Gasteiger partial charge in [0.05, 0.1) is 18.4 Å². The standard InChI is InChI=1S/C16H19N3O2/c1-11-4-5-14-12(9-11)3-2-7-19(14)10-15-13(6-8-21-15)16(20)18-17/h4-6,8-9H,2-3,7,10,17H2,1H3,(H,18,20). The summed E-state index contributed by atoms with van der Waals surface area (Å²) in [6.45, 7) is 3.64. The Labute approximate surface area is 123 Å². The van der Waals surface area contributed by atoms with Gasteiger partial charge in [0.25, 0.3) is 5.91 Å². The van der Waals surface area contributed by atoms with Crippen LogP contribution in [0.25, 0.3) is 0 Å². The number of nitrogen functional groups attached to an aromatic ring is 1. The van der Waals surface area contributed by atoms with E-state index in [1.165, 1.54) is 23.1 Å². The lowest BCUT2D eigenvalue weighted by molar-refractivity contribution is 0.0951. The smallest absolute Gasteiger partial charge is 0.268 e. The summed E-state index contributed by atoms with van der Waals surface area (Å²) in [5, 5.41) is 0. The number of hydrogen-bond acceptors (Lipinski definition) is 4. The van der Waals surface area contributed by atoms with Crippen LogP contribution in [0.4, 0.5) is 5.69 Å². The van der Waals surface area contributed by atoms with Crippen molar-refractivity contribution in [3.05, 3.63) is 53.0 Å². The molecule has 0 radical (unpaired) electrons. The predicted octanol–water partition coefficient (Wildman–Crippen LogP) is 2.14. The molecule has 3 N–H and O–H groups in total. The van der Waals surface area contributed by atoms with Gasteiger partial charge in [0.15, 0.2) is 0 Å². The second-order valence-electron chi connectivity index (χ2n) is 5.39. The predicted molar refractivity (Wildman–Crippen MR) is 80.9 cm³/mol. The van der Waals surface area contributed by atoms with E-state index in [-0.39, 0.29) is 5.91 Å². The fraction of sp³-hybridized carbons (Fsp3) is 0.312. The highest BCUT2D eigenvalue weighted by Crippen LogP contribution is 2.29. The van der Waals surface area contributed by atoms with Crippen molar-refractivity contribution >= 4 is 11.6 Å². The molecule has 21 heavy (non-hydrogen) atoms. The molecule has 2 aromatic rings. The third-order valence-corrected chi connectivity index (χ3v) is 3.91. The molecule has 0 atom stereocenters. The maximum Gasteiger partial charge on any atom is 0.268 e. The van der Waals surface area contributed by atoms with E-state index in [1.54, 1.807) is 6.07 Å². The SMILES string of the molecule is Cc1ccc2c(c1)CCCN2Cc1occc1C(=O)NN. The van der Waals surface area contributed by atoms with E-state index < -0.39 is 0 Å². The minimum Gasteiger partial charge on any atom is -0.467 e. The van der Waals surface area contributed by atoms with E-state index >= 15 is 0 Å². The number of fused-ring (bicyclic) bond motifs is 1. The zero-order valence-electron chi connectivity index (χ0n) is 12.1. The summed E-state index contributed by atoms with van der Waals surface area (Å²) < 4.78 is 5.47. The molecule has 1 aliphatic heterocycles. The summed E-state index contributed by atoms with van der Waals surface area (Å²) >= 11 is 0. The van der Waals surface area contributed by atoms with Gasteiger partial charge < -0.3 is 9.32 Å². The van der Waals surface area contributed by atoms with Crippen LogP contribution in [0.2, 0.25) is 0 Å². The first-order valence-electron chi connectivity index (χ1n) is 7.11. The molecule has 3 rings (SSSR count). The normalized spacial score (nSPS) is 13.9. The largest absolute Gasteiger partial charge is 0.467 e. The monoisotopic (exact) mass is 285 g/mol. The number of aryl methyl sites for hydroxylation is 2. The van der Waals surface area contributed by atoms with Crippen molar-refractivity contribution in [1.29, 1.82) is 0 Å². The zero-order valence-corrected chi connectivity index (χ0v) is 12.1. The Morgan fingerprint density at radius 1 is 1.43 bits per heavy atom. The Hall–Kier alpha value is -2.27. The first kappa shape index (κ1) is 13.7. The van der Waals surface area contributed by atoms with Crippen molar-refractivity contribution in [2.45, 2.75) is 26.3 Å². The molecule has 1 aliphatic rings. The lowest BCUT2D eigenvalue weighted by atomic mass is 9.99. The van der Waals surface area contributed by atoms with Crippen LogP contribution in [0.1, 0.15) is 33.7 Å². The highest BCUT2D eigenvalue weighted by molar-refractivity contribution is 5.94. The van der Waals surface area contributed by atoms with Gasteiger partial charge in [0.1, 0.15) is 5.76 Å². The summed E-state index contributed by atoms with van der Waals surface area (Å²) in [7, 11) is 0. The van der Waals surface area contributed by atoms with Crippen LogP contribution in [-0.4, -0.2) is 12.5 Å². The Morgan fingerprint density at radius 3 is 3.10 bits per heavy atom. The number of hydrazine groups is 1. The molecule has 0 fully saturated rings. The van der Waals surface area contributed by atoms with Crippen molar-refractivity contribution in [2.75, 3.05) is 11.4 Å². The van der Waals surface area contributed by atoms with Gasteiger partial charge in [-0.2, -0.15) is 0 Å². The molecule has 0 saturated carbocycles. The molecule has 0 spiro atoms. The van der Waals surface area contributed by atoms with E-state index in [4.69, 9.17) is 10.3 Å². The van der Waals surface area contributed by atoms with Crippen molar-refractivity contribution in [2.24, 2.45) is 5.84 Å². The maximum atomic E-state index is 11.7. The molecule has 2 heterocycles. The number of carbonyl (C=O) groups is 1. The summed E-state index contributed by atoms with van der Waals surface area (Å²) in [6.07, 6.45) is 3.73. The van der Waals surface area contributed by atoms with Crippen molar-refractivity contribution in [3.8, 4) is 0 Å². The number of anilines is 1. The minimum absolute atomic E-state index is 0.320. The number of carbonyl (C=O) groups excluding carboxylic acids is 1. The van der Waals surface area contributed by atoms with Crippen LogP contribution in [0.3, 0.4) is 0 Å². The molecule has 5 heteroatoms. The molecular formula is C16H19N3O2. The number of amides is 1. The van der Waals surface area contributed by atoms with Gasteiger partial charge in [0.2, 0.25) is 0 Å². The van der Waals surface area contributed by atoms with E-state index in [0.717, 1.165) is 19.4 Å². The van der Waals surface area contributed by atoms with Crippen molar-refractivity contribution in [1.82, 2.24) is 5.43 Å². The fourth-order valence-corrected chi connectivity index (χ4v) is 2.88. The topological polar surface area (TPSA) is 71.5 Å². The van der Waals surface area contributed by atoms with Gasteiger partial charge in [-0.1, -0.05) is 17.7 Å². The maximum absolute atomic E-state index is 11.7. The van der Waals surface area contributed by atoms with Gasteiger partial charge >= 0.3 is 0 Å². The molecule has 110 valence electrons. The van der Waals surface area contributed by atoms with Crippen LogP contribution in [0.5, 0.6) is 0 Å². The molecule has 0 saturated heterocycles. The number of nitrogens with two attached hydrogens (primary N) is 1. The van der Waals surface area contributed by atoms with Crippen LogP contribution in [-0.2, 0) is 13.0 Å². The second kappa shape index (κ2) is 5.61. The average Bonchev–Trinajstić information content (AvgIpc) is 2.94. The van der Waals surface area contributed by atoms with Crippen LogP contribution in [0, 0.1) is 6.92 Å². The third-order valence-electron chi connectivity index (χ3n) is 3.91. The Morgan fingerprint density at radius 2 is 2.29 bits per heavy atom. The quantitative estimate of drug-likeness (QED) is 0.515. The summed E-state index contributed by atoms with van der Waals surface area (Å²) in [6, 6.07) is 8.15. The molecule has 0 unspecified atom stereocenters. The first-order chi connectivity index (χ1) is 10.2. The average molecular weight is 285 g/mol. The lowest BCUT2D eigenvalue weighted by Gasteiger charge is -2.31. The minimum atomic E-state index is -0.320. The number of nitrogens with one attached hydrogen (secondary N) is 1. The van der Waals surface area contributed by atoms with Gasteiger partial charge in [0, 0.05) is 12.2 Å². The van der Waals surface area contributed by atoms with Gasteiger partial charge in [-0.3, -0.25) is 10.2 Å². The number of hydrogen-bond donors (Lipinski definition) is 2. The summed E-state index contributed by atoms with van der Waals surface area (Å²) in [5.74, 6) is 5.53. The fourth-order valence-electron chi connectivity index (χ4n) is 2.88. The second-order valence-corrected chi connectivity index (χ2v) is 5.39. The van der Waals surface area contributed by atoms with E-state index in [1.807, 2.05) is 0 Å². The molecule has 5 nitrogen and oxygen atoms in total. The Kier molecular flexibility index (Phi) is 3.66. The molecule has 1 aromatic heterocycles.